The Labute approximate surface area is 137 Å². The van der Waals surface area contributed by atoms with Gasteiger partial charge >= 0.3 is 0 Å². The standard InChI is InChI=1S/C20H30OSi/c1-8-9-12-17(2)15-16-18-13-10-11-14-19(18)21-22(6,7)20(3,4)5/h9-14,17H,8H2,1-7H3/b12-9+/t17-/m1/s1. The lowest BCUT2D eigenvalue weighted by Gasteiger charge is -2.36. The third kappa shape index (κ3) is 5.39. The van der Waals surface area contributed by atoms with E-state index >= 15 is 0 Å². The van der Waals surface area contributed by atoms with Crippen molar-refractivity contribution in [1.29, 1.82) is 0 Å². The fourth-order valence-electron chi connectivity index (χ4n) is 1.67. The number of allylic oxidation sites excluding steroid dienone is 2. The maximum Gasteiger partial charge on any atom is 0.250 e. The largest absolute Gasteiger partial charge is 0.543 e. The smallest absolute Gasteiger partial charge is 0.250 e. The minimum atomic E-state index is -1.84. The van der Waals surface area contributed by atoms with Crippen molar-refractivity contribution in [1.82, 2.24) is 0 Å². The lowest BCUT2D eigenvalue weighted by atomic mass is 10.1. The van der Waals surface area contributed by atoms with Gasteiger partial charge in [0.1, 0.15) is 5.75 Å². The Morgan fingerprint density at radius 2 is 1.86 bits per heavy atom. The van der Waals surface area contributed by atoms with E-state index < -0.39 is 8.32 Å². The highest BCUT2D eigenvalue weighted by molar-refractivity contribution is 6.74. The van der Waals surface area contributed by atoms with Gasteiger partial charge in [0.15, 0.2) is 0 Å². The zero-order chi connectivity index (χ0) is 16.8. The van der Waals surface area contributed by atoms with Crippen LogP contribution >= 0.6 is 0 Å². The molecule has 2 heteroatoms. The Bertz CT molecular complexity index is 567. The average Bonchev–Trinajstić information content (AvgIpc) is 2.42. The highest BCUT2D eigenvalue weighted by atomic mass is 28.4. The average molecular weight is 315 g/mol. The molecule has 0 bridgehead atoms. The molecule has 0 fully saturated rings. The molecule has 0 aliphatic carbocycles. The quantitative estimate of drug-likeness (QED) is 0.375. The summed E-state index contributed by atoms with van der Waals surface area (Å²) in [6.45, 7) is 15.6. The summed E-state index contributed by atoms with van der Waals surface area (Å²) in [6, 6.07) is 8.13. The van der Waals surface area contributed by atoms with Gasteiger partial charge in [0, 0.05) is 5.92 Å². The van der Waals surface area contributed by atoms with Crippen molar-refractivity contribution in [2.75, 3.05) is 0 Å². The van der Waals surface area contributed by atoms with Crippen LogP contribution in [-0.4, -0.2) is 8.32 Å². The van der Waals surface area contributed by atoms with Crippen molar-refractivity contribution in [2.24, 2.45) is 5.92 Å². The van der Waals surface area contributed by atoms with Gasteiger partial charge in [-0.25, -0.2) is 0 Å². The van der Waals surface area contributed by atoms with E-state index in [0.29, 0.717) is 0 Å². The zero-order valence-electron chi connectivity index (χ0n) is 15.2. The summed E-state index contributed by atoms with van der Waals surface area (Å²) in [4.78, 5) is 0. The van der Waals surface area contributed by atoms with Crippen LogP contribution < -0.4 is 4.43 Å². The summed E-state index contributed by atoms with van der Waals surface area (Å²) in [5.74, 6) is 7.78. The Balaban J connectivity index is 3.01. The minimum absolute atomic E-state index is 0.185. The van der Waals surface area contributed by atoms with Gasteiger partial charge < -0.3 is 4.43 Å². The van der Waals surface area contributed by atoms with Crippen LogP contribution in [0, 0.1) is 17.8 Å². The predicted molar refractivity (Wildman–Crippen MR) is 99.7 cm³/mol. The second-order valence-electron chi connectivity index (χ2n) is 7.25. The third-order valence-electron chi connectivity index (χ3n) is 4.15. The van der Waals surface area contributed by atoms with E-state index in [1.165, 1.54) is 0 Å². The van der Waals surface area contributed by atoms with Gasteiger partial charge in [-0.05, 0) is 43.6 Å². The molecule has 0 amide bonds. The predicted octanol–water partition coefficient (Wildman–Crippen LogP) is 6.02. The lowest BCUT2D eigenvalue weighted by Crippen LogP contribution is -2.44. The van der Waals surface area contributed by atoms with Crippen LogP contribution in [0.4, 0.5) is 0 Å². The number of hydrogen-bond acceptors (Lipinski definition) is 1. The Morgan fingerprint density at radius 1 is 1.23 bits per heavy atom. The fraction of sp³-hybridized carbons (Fsp3) is 0.500. The van der Waals surface area contributed by atoms with Crippen molar-refractivity contribution < 1.29 is 4.43 Å². The molecule has 1 nitrogen and oxygen atoms in total. The van der Waals surface area contributed by atoms with E-state index in [4.69, 9.17) is 4.43 Å². The summed E-state index contributed by atoms with van der Waals surface area (Å²) >= 11 is 0. The van der Waals surface area contributed by atoms with E-state index in [1.54, 1.807) is 0 Å². The van der Waals surface area contributed by atoms with E-state index in [1.807, 2.05) is 24.3 Å². The van der Waals surface area contributed by atoms with Crippen LogP contribution in [0.2, 0.25) is 18.1 Å². The van der Waals surface area contributed by atoms with Crippen LogP contribution in [0.25, 0.3) is 0 Å². The second kappa shape index (κ2) is 7.69. The van der Waals surface area contributed by atoms with Gasteiger partial charge in [0.05, 0.1) is 5.56 Å². The normalized spacial score (nSPS) is 13.6. The first-order valence-electron chi connectivity index (χ1n) is 8.13. The molecular formula is C20H30OSi. The van der Waals surface area contributed by atoms with Gasteiger partial charge in [-0.1, -0.05) is 63.8 Å². The molecule has 0 spiro atoms. The summed E-state index contributed by atoms with van der Waals surface area (Å²) in [7, 11) is -1.84. The van der Waals surface area contributed by atoms with Crippen molar-refractivity contribution in [3.05, 3.63) is 42.0 Å². The molecule has 1 aromatic rings. The monoisotopic (exact) mass is 314 g/mol. The van der Waals surface area contributed by atoms with E-state index in [-0.39, 0.29) is 11.0 Å². The van der Waals surface area contributed by atoms with E-state index in [2.05, 4.69) is 71.7 Å². The maximum absolute atomic E-state index is 6.43. The number of hydrogen-bond donors (Lipinski definition) is 0. The molecule has 0 saturated carbocycles. The first-order chi connectivity index (χ1) is 10.2. The molecule has 0 aliphatic heterocycles. The molecule has 1 atom stereocenters. The van der Waals surface area contributed by atoms with Crippen LogP contribution in [0.15, 0.2) is 36.4 Å². The SMILES string of the molecule is CC/C=C/[C@@H](C)C#Cc1ccccc1O[Si](C)(C)C(C)(C)C. The summed E-state index contributed by atoms with van der Waals surface area (Å²) in [5, 5.41) is 0.185. The summed E-state index contributed by atoms with van der Waals surface area (Å²) < 4.78 is 6.43. The number of para-hydroxylation sites is 1. The van der Waals surface area contributed by atoms with Crippen LogP contribution in [0.3, 0.4) is 0 Å². The molecule has 0 saturated heterocycles. The molecule has 0 N–H and O–H groups in total. The minimum Gasteiger partial charge on any atom is -0.543 e. The molecular weight excluding hydrogens is 284 g/mol. The molecule has 0 unspecified atom stereocenters. The van der Waals surface area contributed by atoms with Crippen molar-refractivity contribution in [3.8, 4) is 17.6 Å². The molecule has 0 heterocycles. The Kier molecular flexibility index (Phi) is 6.50. The maximum atomic E-state index is 6.43. The second-order valence-corrected chi connectivity index (χ2v) is 12.0. The highest BCUT2D eigenvalue weighted by Gasteiger charge is 2.39. The molecule has 120 valence electrons. The first-order valence-corrected chi connectivity index (χ1v) is 11.0. The van der Waals surface area contributed by atoms with Crippen LogP contribution in [-0.2, 0) is 0 Å². The fourth-order valence-corrected chi connectivity index (χ4v) is 2.70. The van der Waals surface area contributed by atoms with Crippen LogP contribution in [0.5, 0.6) is 5.75 Å². The molecule has 1 rings (SSSR count). The topological polar surface area (TPSA) is 9.23 Å². The Hall–Kier alpha value is -1.46. The molecule has 0 aromatic heterocycles. The summed E-state index contributed by atoms with van der Waals surface area (Å²) in [5.41, 5.74) is 0.990. The first kappa shape index (κ1) is 18.6. The zero-order valence-corrected chi connectivity index (χ0v) is 16.2. The van der Waals surface area contributed by atoms with Gasteiger partial charge in [0.2, 0.25) is 0 Å². The lowest BCUT2D eigenvalue weighted by molar-refractivity contribution is 0.491. The van der Waals surface area contributed by atoms with Gasteiger partial charge in [-0.3, -0.25) is 0 Å². The number of benzene rings is 1. The molecule has 1 aromatic carbocycles. The van der Waals surface area contributed by atoms with E-state index in [0.717, 1.165) is 17.7 Å². The third-order valence-corrected chi connectivity index (χ3v) is 8.50. The highest BCUT2D eigenvalue weighted by Crippen LogP contribution is 2.38. The van der Waals surface area contributed by atoms with Crippen molar-refractivity contribution >= 4 is 8.32 Å². The van der Waals surface area contributed by atoms with E-state index in [9.17, 15) is 0 Å². The van der Waals surface area contributed by atoms with Gasteiger partial charge in [-0.2, -0.15) is 0 Å². The summed E-state index contributed by atoms with van der Waals surface area (Å²) in [6.07, 6.45) is 5.37. The van der Waals surface area contributed by atoms with Crippen molar-refractivity contribution in [2.45, 2.75) is 59.2 Å². The van der Waals surface area contributed by atoms with Gasteiger partial charge in [-0.15, -0.1) is 0 Å². The molecule has 0 radical (unpaired) electrons. The number of rotatable bonds is 4. The van der Waals surface area contributed by atoms with Gasteiger partial charge in [0.25, 0.3) is 8.32 Å². The van der Waals surface area contributed by atoms with Crippen LogP contribution in [0.1, 0.15) is 46.6 Å². The Morgan fingerprint density at radius 3 is 2.45 bits per heavy atom. The molecule has 0 aliphatic rings. The molecule has 22 heavy (non-hydrogen) atoms. The van der Waals surface area contributed by atoms with Crippen molar-refractivity contribution in [3.63, 3.8) is 0 Å².